The first kappa shape index (κ1) is 11.0. The van der Waals surface area contributed by atoms with Gasteiger partial charge in [-0.3, -0.25) is 0 Å². The summed E-state index contributed by atoms with van der Waals surface area (Å²) in [6.45, 7) is 1.66. The number of esters is 1. The van der Waals surface area contributed by atoms with Crippen molar-refractivity contribution in [3.8, 4) is 0 Å². The fraction of sp³-hybridized carbons (Fsp3) is 0.167. The molecule has 0 N–H and O–H groups in total. The van der Waals surface area contributed by atoms with Crippen LogP contribution in [0.3, 0.4) is 0 Å². The molecule has 0 bridgehead atoms. The number of benzene rings is 1. The molecule has 0 saturated carbocycles. The zero-order valence-corrected chi connectivity index (χ0v) is 9.88. The molecular formula is C12H11NO2S. The fourth-order valence-electron chi connectivity index (χ4n) is 1.37. The maximum absolute atomic E-state index is 11.3. The predicted molar refractivity (Wildman–Crippen MR) is 65.4 cm³/mol. The van der Waals surface area contributed by atoms with E-state index in [9.17, 15) is 4.79 Å². The molecule has 1 aromatic carbocycles. The summed E-state index contributed by atoms with van der Waals surface area (Å²) in [5.41, 5.74) is 1.30. The average Bonchev–Trinajstić information content (AvgIpc) is 2.59. The Kier molecular flexibility index (Phi) is 3.10. The summed E-state index contributed by atoms with van der Waals surface area (Å²) in [7, 11) is 0. The summed E-state index contributed by atoms with van der Waals surface area (Å²) in [6, 6.07) is 7.92. The number of hydrogen-bond acceptors (Lipinski definition) is 4. The van der Waals surface area contributed by atoms with E-state index in [0.29, 0.717) is 11.6 Å². The highest BCUT2D eigenvalue weighted by Gasteiger charge is 2.19. The van der Waals surface area contributed by atoms with Crippen LogP contribution in [0, 0.1) is 0 Å². The predicted octanol–water partition coefficient (Wildman–Crippen LogP) is 2.72. The highest BCUT2D eigenvalue weighted by molar-refractivity contribution is 7.98. The SMILES string of the molecule is CSc1ccc(C=C2N=C(C)OC2=O)cc1. The maximum Gasteiger partial charge on any atom is 0.363 e. The molecule has 1 heterocycles. The van der Waals surface area contributed by atoms with E-state index in [1.807, 2.05) is 30.5 Å². The first-order valence-electron chi connectivity index (χ1n) is 4.82. The Morgan fingerprint density at radius 1 is 1.31 bits per heavy atom. The van der Waals surface area contributed by atoms with Crippen LogP contribution in [0.4, 0.5) is 0 Å². The second-order valence-electron chi connectivity index (χ2n) is 3.32. The van der Waals surface area contributed by atoms with Gasteiger partial charge in [0.2, 0.25) is 0 Å². The molecule has 0 atom stereocenters. The summed E-state index contributed by atoms with van der Waals surface area (Å²) in [4.78, 5) is 16.5. The van der Waals surface area contributed by atoms with E-state index in [4.69, 9.17) is 4.74 Å². The van der Waals surface area contributed by atoms with Gasteiger partial charge in [0.05, 0.1) is 0 Å². The molecular weight excluding hydrogens is 222 g/mol. The lowest BCUT2D eigenvalue weighted by atomic mass is 10.2. The molecule has 0 amide bonds. The summed E-state index contributed by atoms with van der Waals surface area (Å²) < 4.78 is 4.83. The van der Waals surface area contributed by atoms with E-state index in [1.54, 1.807) is 24.8 Å². The van der Waals surface area contributed by atoms with Crippen LogP contribution in [0.2, 0.25) is 0 Å². The van der Waals surface area contributed by atoms with Crippen molar-refractivity contribution < 1.29 is 9.53 Å². The van der Waals surface area contributed by atoms with Gasteiger partial charge in [0.25, 0.3) is 0 Å². The minimum Gasteiger partial charge on any atom is -0.407 e. The van der Waals surface area contributed by atoms with E-state index >= 15 is 0 Å². The molecule has 82 valence electrons. The lowest BCUT2D eigenvalue weighted by Gasteiger charge is -1.97. The third-order valence-corrected chi connectivity index (χ3v) is 2.89. The second-order valence-corrected chi connectivity index (χ2v) is 4.20. The molecule has 0 spiro atoms. The van der Waals surface area contributed by atoms with E-state index in [2.05, 4.69) is 4.99 Å². The Morgan fingerprint density at radius 2 is 2.00 bits per heavy atom. The summed E-state index contributed by atoms with van der Waals surface area (Å²) >= 11 is 1.68. The molecule has 0 unspecified atom stereocenters. The molecule has 1 aliphatic heterocycles. The average molecular weight is 233 g/mol. The number of aliphatic imine (C=N–C) groups is 1. The van der Waals surface area contributed by atoms with Gasteiger partial charge < -0.3 is 4.74 Å². The highest BCUT2D eigenvalue weighted by atomic mass is 32.2. The van der Waals surface area contributed by atoms with Gasteiger partial charge >= 0.3 is 5.97 Å². The Morgan fingerprint density at radius 3 is 2.50 bits per heavy atom. The van der Waals surface area contributed by atoms with E-state index in [1.165, 1.54) is 4.90 Å². The van der Waals surface area contributed by atoms with Crippen molar-refractivity contribution in [2.45, 2.75) is 11.8 Å². The number of nitrogens with zero attached hydrogens (tertiary/aromatic N) is 1. The topological polar surface area (TPSA) is 38.7 Å². The standard InChI is InChI=1S/C12H11NO2S/c1-8-13-11(12(14)15-8)7-9-3-5-10(16-2)6-4-9/h3-7H,1-2H3. The Balaban J connectivity index is 2.26. The normalized spacial score (nSPS) is 17.5. The van der Waals surface area contributed by atoms with Crippen molar-refractivity contribution in [1.29, 1.82) is 0 Å². The number of thioether (sulfide) groups is 1. The number of carbonyl (C=O) groups is 1. The van der Waals surface area contributed by atoms with Crippen LogP contribution < -0.4 is 0 Å². The van der Waals surface area contributed by atoms with Gasteiger partial charge in [-0.2, -0.15) is 0 Å². The Bertz CT molecular complexity index is 474. The van der Waals surface area contributed by atoms with Crippen LogP contribution in [0.1, 0.15) is 12.5 Å². The molecule has 0 radical (unpaired) electrons. The fourth-order valence-corrected chi connectivity index (χ4v) is 1.78. The van der Waals surface area contributed by atoms with Gasteiger partial charge in [-0.25, -0.2) is 9.79 Å². The summed E-state index contributed by atoms with van der Waals surface area (Å²) in [5.74, 6) is 0.0171. The highest BCUT2D eigenvalue weighted by Crippen LogP contribution is 2.18. The van der Waals surface area contributed by atoms with Crippen LogP contribution in [-0.2, 0) is 9.53 Å². The molecule has 2 rings (SSSR count). The minimum atomic E-state index is -0.383. The van der Waals surface area contributed by atoms with Crippen molar-refractivity contribution in [1.82, 2.24) is 0 Å². The largest absolute Gasteiger partial charge is 0.407 e. The first-order chi connectivity index (χ1) is 7.69. The van der Waals surface area contributed by atoms with Crippen molar-refractivity contribution in [3.63, 3.8) is 0 Å². The van der Waals surface area contributed by atoms with E-state index in [-0.39, 0.29) is 5.97 Å². The van der Waals surface area contributed by atoms with E-state index < -0.39 is 0 Å². The van der Waals surface area contributed by atoms with Crippen molar-refractivity contribution in [2.24, 2.45) is 4.99 Å². The zero-order chi connectivity index (χ0) is 11.5. The molecule has 4 heteroatoms. The number of hydrogen-bond donors (Lipinski definition) is 0. The molecule has 0 saturated heterocycles. The number of ether oxygens (including phenoxy) is 1. The van der Waals surface area contributed by atoms with Crippen LogP contribution >= 0.6 is 11.8 Å². The van der Waals surface area contributed by atoms with Crippen LogP contribution in [-0.4, -0.2) is 18.1 Å². The Labute approximate surface area is 98.2 Å². The molecule has 0 aliphatic carbocycles. The molecule has 1 aromatic rings. The Hall–Kier alpha value is -1.55. The molecule has 0 fully saturated rings. The van der Waals surface area contributed by atoms with E-state index in [0.717, 1.165) is 5.56 Å². The molecule has 0 aromatic heterocycles. The number of carbonyl (C=O) groups excluding carboxylic acids is 1. The third-order valence-electron chi connectivity index (χ3n) is 2.15. The smallest absolute Gasteiger partial charge is 0.363 e. The van der Waals surface area contributed by atoms with Crippen LogP contribution in [0.25, 0.3) is 6.08 Å². The minimum absolute atomic E-state index is 0.356. The van der Waals surface area contributed by atoms with Gasteiger partial charge in [-0.1, -0.05) is 12.1 Å². The van der Waals surface area contributed by atoms with Crippen molar-refractivity contribution in [3.05, 3.63) is 35.5 Å². The summed E-state index contributed by atoms with van der Waals surface area (Å²) in [6.07, 6.45) is 3.75. The molecule has 3 nitrogen and oxygen atoms in total. The van der Waals surface area contributed by atoms with Crippen LogP contribution in [0.15, 0.2) is 39.9 Å². The van der Waals surface area contributed by atoms with Gasteiger partial charge in [-0.15, -0.1) is 11.8 Å². The quantitative estimate of drug-likeness (QED) is 0.448. The molecule has 1 aliphatic rings. The maximum atomic E-state index is 11.3. The lowest BCUT2D eigenvalue weighted by Crippen LogP contribution is -1.99. The van der Waals surface area contributed by atoms with Crippen LogP contribution in [0.5, 0.6) is 0 Å². The van der Waals surface area contributed by atoms with Gasteiger partial charge in [0.15, 0.2) is 11.6 Å². The second kappa shape index (κ2) is 4.53. The lowest BCUT2D eigenvalue weighted by molar-refractivity contribution is -0.130. The number of cyclic esters (lactones) is 1. The monoisotopic (exact) mass is 233 g/mol. The van der Waals surface area contributed by atoms with Gasteiger partial charge in [0, 0.05) is 11.8 Å². The van der Waals surface area contributed by atoms with Crippen molar-refractivity contribution in [2.75, 3.05) is 6.26 Å². The first-order valence-corrected chi connectivity index (χ1v) is 6.05. The summed E-state index contributed by atoms with van der Waals surface area (Å²) in [5, 5.41) is 0. The molecule has 16 heavy (non-hydrogen) atoms. The van der Waals surface area contributed by atoms with Gasteiger partial charge in [-0.05, 0) is 30.0 Å². The van der Waals surface area contributed by atoms with Gasteiger partial charge in [0.1, 0.15) is 0 Å². The van der Waals surface area contributed by atoms with Crippen molar-refractivity contribution >= 4 is 29.7 Å². The zero-order valence-electron chi connectivity index (χ0n) is 9.06. The third kappa shape index (κ3) is 2.33. The number of rotatable bonds is 2.